The van der Waals surface area contributed by atoms with E-state index in [0.717, 1.165) is 30.2 Å². The van der Waals surface area contributed by atoms with Gasteiger partial charge >= 0.3 is 0 Å². The average Bonchev–Trinajstić information content (AvgIpc) is 2.99. The largest absolute Gasteiger partial charge is 0.339 e. The smallest absolute Gasteiger partial charge is 0.230 e. The van der Waals surface area contributed by atoms with Crippen molar-refractivity contribution in [1.29, 1.82) is 0 Å². The number of aromatic nitrogens is 2. The SMILES string of the molecule is CNC1CCC(c2nc(-c3cc(F)ccc3Br)no2)CC1. The van der Waals surface area contributed by atoms with Gasteiger partial charge in [0.1, 0.15) is 5.82 Å². The summed E-state index contributed by atoms with van der Waals surface area (Å²) in [5.41, 5.74) is 0.619. The van der Waals surface area contributed by atoms with Crippen molar-refractivity contribution in [2.45, 2.75) is 37.6 Å². The van der Waals surface area contributed by atoms with Crippen LogP contribution in [0.3, 0.4) is 0 Å². The average molecular weight is 354 g/mol. The van der Waals surface area contributed by atoms with E-state index in [1.54, 1.807) is 6.07 Å². The number of hydrogen-bond acceptors (Lipinski definition) is 4. The number of nitrogens with one attached hydrogen (secondary N) is 1. The summed E-state index contributed by atoms with van der Waals surface area (Å²) in [5.74, 6) is 1.10. The van der Waals surface area contributed by atoms with Crippen molar-refractivity contribution in [3.05, 3.63) is 34.4 Å². The molecule has 2 aromatic rings. The van der Waals surface area contributed by atoms with Crippen LogP contribution >= 0.6 is 15.9 Å². The van der Waals surface area contributed by atoms with Crippen LogP contribution in [0.4, 0.5) is 4.39 Å². The summed E-state index contributed by atoms with van der Waals surface area (Å²) in [4.78, 5) is 4.46. The lowest BCUT2D eigenvalue weighted by atomic mass is 9.86. The van der Waals surface area contributed by atoms with Gasteiger partial charge in [0.2, 0.25) is 11.7 Å². The third-order valence-corrected chi connectivity index (χ3v) is 4.79. The molecular formula is C15H17BrFN3O. The Labute approximate surface area is 131 Å². The number of nitrogens with zero attached hydrogens (tertiary/aromatic N) is 2. The molecule has 0 unspecified atom stereocenters. The molecule has 1 fully saturated rings. The molecule has 1 aliphatic carbocycles. The minimum absolute atomic E-state index is 0.309. The highest BCUT2D eigenvalue weighted by Gasteiger charge is 2.26. The van der Waals surface area contributed by atoms with Crippen LogP contribution in [-0.4, -0.2) is 23.2 Å². The second-order valence-electron chi connectivity index (χ2n) is 5.42. The van der Waals surface area contributed by atoms with E-state index in [-0.39, 0.29) is 5.82 Å². The molecule has 1 aromatic carbocycles. The van der Waals surface area contributed by atoms with Gasteiger partial charge in [-0.1, -0.05) is 21.1 Å². The van der Waals surface area contributed by atoms with E-state index in [9.17, 15) is 4.39 Å². The summed E-state index contributed by atoms with van der Waals surface area (Å²) in [5, 5.41) is 7.31. The Hall–Kier alpha value is -1.27. The molecule has 21 heavy (non-hydrogen) atoms. The van der Waals surface area contributed by atoms with E-state index in [0.29, 0.717) is 29.2 Å². The summed E-state index contributed by atoms with van der Waals surface area (Å²) in [6, 6.07) is 5.05. The number of hydrogen-bond donors (Lipinski definition) is 1. The van der Waals surface area contributed by atoms with Crippen LogP contribution in [0.15, 0.2) is 27.2 Å². The Kier molecular flexibility index (Phi) is 4.35. The maximum absolute atomic E-state index is 13.4. The Morgan fingerprint density at radius 3 is 2.76 bits per heavy atom. The highest BCUT2D eigenvalue weighted by Crippen LogP contribution is 2.34. The molecule has 1 N–H and O–H groups in total. The summed E-state index contributed by atoms with van der Waals surface area (Å²) in [6.07, 6.45) is 4.31. The molecule has 1 heterocycles. The number of benzene rings is 1. The van der Waals surface area contributed by atoms with E-state index >= 15 is 0 Å². The summed E-state index contributed by atoms with van der Waals surface area (Å²) in [6.45, 7) is 0. The van der Waals surface area contributed by atoms with Crippen LogP contribution in [0.1, 0.15) is 37.5 Å². The topological polar surface area (TPSA) is 51.0 Å². The minimum atomic E-state index is -0.311. The van der Waals surface area contributed by atoms with Gasteiger partial charge in [0.25, 0.3) is 0 Å². The first kappa shape index (κ1) is 14.7. The Morgan fingerprint density at radius 2 is 2.05 bits per heavy atom. The van der Waals surface area contributed by atoms with Crippen LogP contribution in [0, 0.1) is 5.82 Å². The number of halogens is 2. The second-order valence-corrected chi connectivity index (χ2v) is 6.27. The fourth-order valence-electron chi connectivity index (χ4n) is 2.81. The summed E-state index contributed by atoms with van der Waals surface area (Å²) in [7, 11) is 2.00. The lowest BCUT2D eigenvalue weighted by Crippen LogP contribution is -2.29. The Bertz CT molecular complexity index is 623. The highest BCUT2D eigenvalue weighted by atomic mass is 79.9. The molecule has 1 aromatic heterocycles. The third kappa shape index (κ3) is 3.16. The molecule has 0 bridgehead atoms. The van der Waals surface area contributed by atoms with E-state index < -0.39 is 0 Å². The van der Waals surface area contributed by atoms with Gasteiger partial charge in [0.05, 0.1) is 0 Å². The number of rotatable bonds is 3. The summed E-state index contributed by atoms with van der Waals surface area (Å²) >= 11 is 3.39. The fraction of sp³-hybridized carbons (Fsp3) is 0.467. The predicted molar refractivity (Wildman–Crippen MR) is 81.4 cm³/mol. The van der Waals surface area contributed by atoms with Gasteiger partial charge in [-0.05, 0) is 50.9 Å². The monoisotopic (exact) mass is 353 g/mol. The first-order valence-electron chi connectivity index (χ1n) is 7.13. The van der Waals surface area contributed by atoms with Crippen LogP contribution in [0.5, 0.6) is 0 Å². The second kappa shape index (κ2) is 6.23. The zero-order valence-electron chi connectivity index (χ0n) is 11.8. The maximum atomic E-state index is 13.4. The van der Waals surface area contributed by atoms with E-state index in [4.69, 9.17) is 4.52 Å². The minimum Gasteiger partial charge on any atom is -0.339 e. The summed E-state index contributed by atoms with van der Waals surface area (Å²) < 4.78 is 19.5. The van der Waals surface area contributed by atoms with Crippen molar-refractivity contribution >= 4 is 15.9 Å². The van der Waals surface area contributed by atoms with Crippen molar-refractivity contribution in [2.24, 2.45) is 0 Å². The molecule has 6 heteroatoms. The normalized spacial score (nSPS) is 22.4. The van der Waals surface area contributed by atoms with Crippen molar-refractivity contribution in [2.75, 3.05) is 7.05 Å². The van der Waals surface area contributed by atoms with E-state index in [1.165, 1.54) is 12.1 Å². The maximum Gasteiger partial charge on any atom is 0.230 e. The van der Waals surface area contributed by atoms with E-state index in [1.807, 2.05) is 7.05 Å². The van der Waals surface area contributed by atoms with Gasteiger partial charge in [0.15, 0.2) is 0 Å². The standard InChI is InChI=1S/C15H17BrFN3O/c1-18-11-5-2-9(3-6-11)15-19-14(20-21-15)12-8-10(17)4-7-13(12)16/h4,7-9,11,18H,2-3,5-6H2,1H3. The van der Waals surface area contributed by atoms with Gasteiger partial charge in [-0.2, -0.15) is 4.98 Å². The van der Waals surface area contributed by atoms with Crippen molar-refractivity contribution in [3.63, 3.8) is 0 Å². The lowest BCUT2D eigenvalue weighted by Gasteiger charge is -2.25. The van der Waals surface area contributed by atoms with Crippen LogP contribution in [0.2, 0.25) is 0 Å². The predicted octanol–water partition coefficient (Wildman–Crippen LogP) is 3.88. The Morgan fingerprint density at radius 1 is 1.29 bits per heavy atom. The zero-order valence-corrected chi connectivity index (χ0v) is 13.4. The quantitative estimate of drug-likeness (QED) is 0.909. The molecule has 3 rings (SSSR count). The van der Waals surface area contributed by atoms with Gasteiger partial charge in [0, 0.05) is 22.0 Å². The molecule has 0 amide bonds. The molecule has 112 valence electrons. The fourth-order valence-corrected chi connectivity index (χ4v) is 3.23. The third-order valence-electron chi connectivity index (χ3n) is 4.10. The Balaban J connectivity index is 1.79. The first-order valence-corrected chi connectivity index (χ1v) is 7.93. The van der Waals surface area contributed by atoms with Gasteiger partial charge in [-0.25, -0.2) is 4.39 Å². The van der Waals surface area contributed by atoms with E-state index in [2.05, 4.69) is 31.4 Å². The van der Waals surface area contributed by atoms with Crippen LogP contribution in [-0.2, 0) is 0 Å². The molecule has 0 aliphatic heterocycles. The highest BCUT2D eigenvalue weighted by molar-refractivity contribution is 9.10. The molecule has 0 radical (unpaired) electrons. The van der Waals surface area contributed by atoms with Gasteiger partial charge in [-0.15, -0.1) is 0 Å². The van der Waals surface area contributed by atoms with Crippen molar-refractivity contribution < 1.29 is 8.91 Å². The molecule has 1 aliphatic rings. The first-order chi connectivity index (χ1) is 10.2. The molecule has 4 nitrogen and oxygen atoms in total. The molecule has 0 saturated heterocycles. The van der Waals surface area contributed by atoms with Gasteiger partial charge < -0.3 is 9.84 Å². The molecule has 1 saturated carbocycles. The molecular weight excluding hydrogens is 337 g/mol. The lowest BCUT2D eigenvalue weighted by molar-refractivity contribution is 0.289. The van der Waals surface area contributed by atoms with Crippen LogP contribution < -0.4 is 5.32 Å². The van der Waals surface area contributed by atoms with Crippen molar-refractivity contribution in [1.82, 2.24) is 15.5 Å². The van der Waals surface area contributed by atoms with Gasteiger partial charge in [-0.3, -0.25) is 0 Å². The molecule has 0 spiro atoms. The zero-order chi connectivity index (χ0) is 14.8. The molecule has 0 atom stereocenters. The van der Waals surface area contributed by atoms with Crippen molar-refractivity contribution in [3.8, 4) is 11.4 Å². The van der Waals surface area contributed by atoms with Crippen LogP contribution in [0.25, 0.3) is 11.4 Å².